The minimum Gasteiger partial charge on any atom is -0.481 e. The Kier molecular flexibility index (Phi) is 55.5. The second-order valence-electron chi connectivity index (χ2n) is 39.2. The van der Waals surface area contributed by atoms with E-state index in [1.807, 2.05) is 0 Å². The molecular formula is C95H158N28O27. The van der Waals surface area contributed by atoms with Gasteiger partial charge in [0.05, 0.1) is 44.2 Å². The molecule has 19 amide bonds. The van der Waals surface area contributed by atoms with Crippen molar-refractivity contribution < 1.29 is 131 Å². The van der Waals surface area contributed by atoms with Crippen LogP contribution < -0.4 is 124 Å². The van der Waals surface area contributed by atoms with E-state index in [0.717, 1.165) is 20.8 Å². The maximum atomic E-state index is 15.0. The molecule has 150 heavy (non-hydrogen) atoms. The summed E-state index contributed by atoms with van der Waals surface area (Å²) in [6.07, 6.45) is -4.90. The van der Waals surface area contributed by atoms with Gasteiger partial charge in [0.25, 0.3) is 0 Å². The van der Waals surface area contributed by atoms with Crippen molar-refractivity contribution in [3.05, 3.63) is 54.1 Å². The number of aromatic nitrogens is 2. The normalized spacial score (nSPS) is 16.7. The maximum Gasteiger partial charge on any atom is 0.326 e. The molecule has 0 saturated carbocycles. The van der Waals surface area contributed by atoms with E-state index in [-0.39, 0.29) is 89.0 Å². The predicted octanol–water partition coefficient (Wildman–Crippen LogP) is -8.74. The van der Waals surface area contributed by atoms with Gasteiger partial charge in [0.2, 0.25) is 112 Å². The molecule has 1 saturated heterocycles. The summed E-state index contributed by atoms with van der Waals surface area (Å²) in [6, 6.07) is -21.2. The first-order chi connectivity index (χ1) is 70.1. The molecule has 3 rings (SSSR count). The second-order valence-corrected chi connectivity index (χ2v) is 39.2. The number of guanidine groups is 2. The summed E-state index contributed by atoms with van der Waals surface area (Å²) < 4.78 is 0. The third-order valence-corrected chi connectivity index (χ3v) is 24.2. The molecule has 840 valence electrons. The van der Waals surface area contributed by atoms with Crippen LogP contribution in [0.4, 0.5) is 0 Å². The molecule has 2 aromatic rings. The Hall–Kier alpha value is -14.4. The Morgan fingerprint density at radius 1 is 0.427 bits per heavy atom. The molecule has 55 nitrogen and oxygen atoms in total. The zero-order valence-corrected chi connectivity index (χ0v) is 88.1. The minimum absolute atomic E-state index is 0.0301. The smallest absolute Gasteiger partial charge is 0.326 e. The van der Waals surface area contributed by atoms with Gasteiger partial charge in [-0.1, -0.05) is 120 Å². The summed E-state index contributed by atoms with van der Waals surface area (Å²) in [6.45, 7) is 24.7. The van der Waals surface area contributed by atoms with Crippen LogP contribution >= 0.6 is 0 Å². The molecule has 0 spiro atoms. The summed E-state index contributed by atoms with van der Waals surface area (Å²) in [5.41, 5.74) is 17.7. The number of aliphatic hydroxyl groups excluding tert-OH is 4. The van der Waals surface area contributed by atoms with Crippen molar-refractivity contribution in [1.29, 1.82) is 10.8 Å². The van der Waals surface area contributed by atoms with Gasteiger partial charge in [-0.15, -0.1) is 0 Å². The number of amides is 19. The van der Waals surface area contributed by atoms with Crippen LogP contribution in [0.5, 0.6) is 0 Å². The first-order valence-corrected chi connectivity index (χ1v) is 49.9. The average Bonchev–Trinajstić information content (AvgIpc) is 1.64. The van der Waals surface area contributed by atoms with E-state index in [1.54, 1.807) is 92.6 Å². The lowest BCUT2D eigenvalue weighted by molar-refractivity contribution is -0.144. The van der Waals surface area contributed by atoms with Crippen molar-refractivity contribution in [3.8, 4) is 0 Å². The van der Waals surface area contributed by atoms with Crippen molar-refractivity contribution in [2.24, 2.45) is 52.7 Å². The zero-order valence-electron chi connectivity index (χ0n) is 88.1. The van der Waals surface area contributed by atoms with Gasteiger partial charge >= 0.3 is 11.9 Å². The molecule has 1 aliphatic heterocycles. The number of carboxylic acid groups (broad SMARTS) is 2. The molecule has 0 bridgehead atoms. The monoisotopic (exact) mass is 2120 g/mol. The summed E-state index contributed by atoms with van der Waals surface area (Å²) in [4.78, 5) is 300. The minimum atomic E-state index is -2.01. The number of likely N-dealkylation sites (tertiary alicyclic amines) is 1. The fraction of sp³-hybridized carbons (Fsp3) is 0.663. The maximum absolute atomic E-state index is 15.0. The van der Waals surface area contributed by atoms with Crippen LogP contribution in [0.3, 0.4) is 0 Å². The summed E-state index contributed by atoms with van der Waals surface area (Å²) in [7, 11) is 0. The number of imidazole rings is 1. The number of aliphatic hydroxyl groups is 4. The van der Waals surface area contributed by atoms with Crippen LogP contribution in [0.15, 0.2) is 42.9 Å². The largest absolute Gasteiger partial charge is 0.481 e. The number of benzene rings is 1. The Labute approximate surface area is 870 Å². The number of carboxylic acids is 2. The molecule has 0 aliphatic carbocycles. The summed E-state index contributed by atoms with van der Waals surface area (Å²) >= 11 is 0. The Balaban J connectivity index is 1.90. The average molecular weight is 2120 g/mol. The molecule has 1 aromatic heterocycles. The van der Waals surface area contributed by atoms with Crippen molar-refractivity contribution in [2.75, 3.05) is 32.8 Å². The van der Waals surface area contributed by atoms with Gasteiger partial charge in [-0.2, -0.15) is 0 Å². The SMILES string of the molecule is CC[C@H](C)[C@H](NC(=O)[C@@H](NC(=O)[C@@H](NC(=O)[C@@H](NC(=O)[C@@H]1CCCN1C(=O)[C@@H](NC(=O)[C@@H](N)CO)C(C)C)[C@@H](C)O)[C@@H](C)O)[C@@H](C)O)C(=O)N[C@@H](CCCNC(=N)N)C(=O)N[C@@H](CCCNC(=N)N)C(=O)N[C@@H](Cc1cnc[nH]1)C(=O)N[C@H](C(=O)N[C@@H](CC(=O)O)C(=O)N[C@@H](CC(C)C)C(=O)N[C@@H](CC(C)C)C(=O)N[C@H](C(=O)NCC(=O)N[C@@H](C)C(=O)N[C@@H](C)C(=O)N[C@@H](C)C(=O)N[C@@H](Cc1ccccc1)C(=O)O)C(C)C)C(C)C. The quantitative estimate of drug-likeness (QED) is 0.0166. The van der Waals surface area contributed by atoms with E-state index in [2.05, 4.69) is 116 Å². The van der Waals surface area contributed by atoms with Gasteiger partial charge in [0.15, 0.2) is 11.9 Å². The van der Waals surface area contributed by atoms with E-state index in [0.29, 0.717) is 12.0 Å². The number of rotatable bonds is 65. The number of hydrogen-bond donors (Lipinski definition) is 32. The third-order valence-electron chi connectivity index (χ3n) is 24.2. The number of nitrogens with two attached hydrogens (primary N) is 3. The molecule has 23 atom stereocenters. The van der Waals surface area contributed by atoms with E-state index in [9.17, 15) is 127 Å². The van der Waals surface area contributed by atoms with Crippen LogP contribution in [0.1, 0.15) is 200 Å². The molecular weight excluding hydrogens is 1970 g/mol. The van der Waals surface area contributed by atoms with Gasteiger partial charge in [0, 0.05) is 44.4 Å². The first-order valence-electron chi connectivity index (χ1n) is 49.9. The summed E-state index contributed by atoms with van der Waals surface area (Å²) in [5, 5.41) is 127. The highest BCUT2D eigenvalue weighted by molar-refractivity contribution is 6.03. The number of aliphatic carboxylic acids is 2. The molecule has 0 radical (unpaired) electrons. The Morgan fingerprint density at radius 3 is 1.24 bits per heavy atom. The van der Waals surface area contributed by atoms with E-state index < -0.39 is 325 Å². The van der Waals surface area contributed by atoms with Gasteiger partial charge in [-0.05, 0) is 134 Å². The van der Waals surface area contributed by atoms with Gasteiger partial charge in [-0.3, -0.25) is 107 Å². The number of carbonyl (C=O) groups excluding carboxylic acids is 19. The Morgan fingerprint density at radius 2 is 0.807 bits per heavy atom. The molecule has 35 N–H and O–H groups in total. The third kappa shape index (κ3) is 44.6. The lowest BCUT2D eigenvalue weighted by Gasteiger charge is -2.32. The van der Waals surface area contributed by atoms with E-state index in [4.69, 9.17) is 28.0 Å². The van der Waals surface area contributed by atoms with Gasteiger partial charge in [-0.25, -0.2) is 9.78 Å². The molecule has 0 unspecified atom stereocenters. The van der Waals surface area contributed by atoms with Crippen molar-refractivity contribution in [2.45, 2.75) is 335 Å². The molecule has 1 fully saturated rings. The van der Waals surface area contributed by atoms with Crippen molar-refractivity contribution >= 4 is 136 Å². The van der Waals surface area contributed by atoms with Crippen LogP contribution in [0.25, 0.3) is 0 Å². The van der Waals surface area contributed by atoms with Crippen LogP contribution in [0.2, 0.25) is 0 Å². The topological polar surface area (TPSA) is 878 Å². The summed E-state index contributed by atoms with van der Waals surface area (Å²) in [5.74, 6) is -26.8. The number of carbonyl (C=O) groups is 21. The fourth-order valence-electron chi connectivity index (χ4n) is 15.4. The zero-order chi connectivity index (χ0) is 114. The van der Waals surface area contributed by atoms with E-state index in [1.165, 1.54) is 59.0 Å². The highest BCUT2D eigenvalue weighted by atomic mass is 16.4. The lowest BCUT2D eigenvalue weighted by atomic mass is 9.96. The first kappa shape index (κ1) is 130. The highest BCUT2D eigenvalue weighted by Gasteiger charge is 2.45. The van der Waals surface area contributed by atoms with Crippen molar-refractivity contribution in [1.82, 2.24) is 121 Å². The number of hydrogen-bond acceptors (Lipinski definition) is 29. The molecule has 2 heterocycles. The van der Waals surface area contributed by atoms with E-state index >= 15 is 4.79 Å². The predicted molar refractivity (Wildman–Crippen MR) is 541 cm³/mol. The number of nitrogens with zero attached hydrogens (tertiary/aromatic N) is 2. The number of aromatic amines is 1. The van der Waals surface area contributed by atoms with Crippen molar-refractivity contribution in [3.63, 3.8) is 0 Å². The Bertz CT molecular complexity index is 4910. The van der Waals surface area contributed by atoms with Crippen LogP contribution in [-0.2, 0) is 114 Å². The lowest BCUT2D eigenvalue weighted by Crippen LogP contribution is -2.64. The number of nitrogens with one attached hydrogen (secondary N) is 23. The number of H-pyrrole nitrogens is 1. The van der Waals surface area contributed by atoms with Gasteiger partial charge < -0.3 is 164 Å². The van der Waals surface area contributed by atoms with Gasteiger partial charge in [0.1, 0.15) is 115 Å². The van der Waals surface area contributed by atoms with Crippen LogP contribution in [-0.4, -0.2) is 347 Å². The second kappa shape index (κ2) is 64.1. The fourth-order valence-corrected chi connectivity index (χ4v) is 15.4. The molecule has 1 aliphatic rings. The van der Waals surface area contributed by atoms with Crippen LogP contribution in [0, 0.1) is 46.3 Å². The molecule has 55 heteroatoms. The highest BCUT2D eigenvalue weighted by Crippen LogP contribution is 2.23. The standard InChI is InChI=1S/C95H158N28O27/c1-19-48(12)71(119-89(145)73(53(17)126)121-91(147)74(54(18)127)122-90(146)72(52(16)125)120-85(141)65-30-25-33-123(65)92(148)70(47(10)11)118-78(134)57(96)41-124)88(144)110-59(29-24-32-103-95(99)100)79(135)109-58(28-23-31-102-94(97)98)80(136)113-62(37-56-39-101-42-105-56)84(140)117-69(46(8)9)87(143)114-63(38-67(129)130)82(138)111-60(34-43(2)3)81(137)112-61(35-44(4)5)83(139)116-68(45(6)7)86(142)104-40-66(128)106-49(13)75(131)107-50(14)76(132)108-51(15)77(133)115-64(93(149)150)36-55-26-21-20-22-27-55/h20-22,26-27,39,42-54,57-65,68-74,124-127H,19,23-25,28-38,40-41,96H2,1-18H3,(H,101,105)(H,104,142)(H,106,128)(H,107,131)(H,108,132)(H,109,135)(H,110,144)(H,111,138)(H,112,137)(H,113,136)(H,114,143)(H,115,133)(H,116,139)(H,117,140)(H,118,134)(H,119,145)(H,120,141)(H,121,147)(H,122,146)(H,129,130)(H,149,150)(H4,97,98,102)(H4,99,100,103)/t48-,49-,50-,51-,52+,53+,54+,57-,58-,59-,60-,61-,62-,63-,64-,65-,68-,69-,70-,71-,72-,73-,74-/m0/s1. The molecule has 1 aromatic carbocycles.